The summed E-state index contributed by atoms with van der Waals surface area (Å²) >= 11 is 0. The van der Waals surface area contributed by atoms with Crippen molar-refractivity contribution in [2.45, 2.75) is 39.2 Å². The Morgan fingerprint density at radius 1 is 1.00 bits per heavy atom. The van der Waals surface area contributed by atoms with Gasteiger partial charge in [-0.15, -0.1) is 0 Å². The van der Waals surface area contributed by atoms with Crippen molar-refractivity contribution in [3.63, 3.8) is 0 Å². The molecule has 3 aromatic carbocycles. The number of piperidine rings is 1. The third-order valence-electron chi connectivity index (χ3n) is 6.63. The van der Waals surface area contributed by atoms with Crippen molar-refractivity contribution in [1.29, 1.82) is 0 Å². The highest BCUT2D eigenvalue weighted by molar-refractivity contribution is 6.05. The van der Waals surface area contributed by atoms with Gasteiger partial charge in [0.2, 0.25) is 0 Å². The van der Waals surface area contributed by atoms with Gasteiger partial charge in [0.1, 0.15) is 5.75 Å². The van der Waals surface area contributed by atoms with Crippen LogP contribution in [0, 0.1) is 13.8 Å². The Labute approximate surface area is 203 Å². The minimum Gasteiger partial charge on any atom is -0.496 e. The monoisotopic (exact) mass is 457 g/mol. The van der Waals surface area contributed by atoms with Gasteiger partial charge in [-0.2, -0.15) is 0 Å². The zero-order valence-corrected chi connectivity index (χ0v) is 20.4. The summed E-state index contributed by atoms with van der Waals surface area (Å²) in [5.74, 6) is 0.901. The Morgan fingerprint density at radius 2 is 1.74 bits per heavy atom. The van der Waals surface area contributed by atoms with Crippen LogP contribution in [0.4, 0.5) is 11.4 Å². The summed E-state index contributed by atoms with van der Waals surface area (Å²) in [4.78, 5) is 15.1. The van der Waals surface area contributed by atoms with E-state index in [1.54, 1.807) is 7.11 Å². The average molecular weight is 458 g/mol. The molecule has 0 bridgehead atoms. The van der Waals surface area contributed by atoms with Crippen molar-refractivity contribution in [3.05, 3.63) is 89.0 Å². The molecule has 0 atom stereocenters. The van der Waals surface area contributed by atoms with Crippen LogP contribution in [0.15, 0.2) is 66.7 Å². The Kier molecular flexibility index (Phi) is 7.86. The molecule has 1 amide bonds. The largest absolute Gasteiger partial charge is 0.496 e. The lowest BCUT2D eigenvalue weighted by Gasteiger charge is -2.34. The summed E-state index contributed by atoms with van der Waals surface area (Å²) in [6.07, 6.45) is 3.22. The van der Waals surface area contributed by atoms with E-state index in [-0.39, 0.29) is 5.91 Å². The number of nitrogens with one attached hydrogen (secondary N) is 2. The number of rotatable bonds is 8. The van der Waals surface area contributed by atoms with E-state index in [1.165, 1.54) is 11.3 Å². The number of benzene rings is 3. The highest BCUT2D eigenvalue weighted by atomic mass is 16.5. The van der Waals surface area contributed by atoms with Crippen LogP contribution in [-0.2, 0) is 6.42 Å². The third kappa shape index (κ3) is 5.97. The second-order valence-electron chi connectivity index (χ2n) is 9.10. The number of hydrogen-bond acceptors (Lipinski definition) is 4. The van der Waals surface area contributed by atoms with Crippen molar-refractivity contribution >= 4 is 17.3 Å². The number of para-hydroxylation sites is 1. The smallest absolute Gasteiger partial charge is 0.255 e. The molecule has 1 saturated heterocycles. The topological polar surface area (TPSA) is 53.6 Å². The van der Waals surface area contributed by atoms with Gasteiger partial charge >= 0.3 is 0 Å². The Hall–Kier alpha value is -3.31. The molecule has 3 aromatic rings. The molecule has 178 valence electrons. The lowest BCUT2D eigenvalue weighted by atomic mass is 10.0. The number of ether oxygens (including phenoxy) is 1. The number of carbonyl (C=O) groups excluding carboxylic acids is 1. The molecule has 4 rings (SSSR count). The molecule has 1 heterocycles. The summed E-state index contributed by atoms with van der Waals surface area (Å²) in [7, 11) is 1.73. The maximum absolute atomic E-state index is 12.6. The average Bonchev–Trinajstić information content (AvgIpc) is 2.85. The van der Waals surface area contributed by atoms with Gasteiger partial charge in [-0.1, -0.05) is 35.9 Å². The predicted molar refractivity (Wildman–Crippen MR) is 140 cm³/mol. The van der Waals surface area contributed by atoms with Crippen LogP contribution < -0.4 is 20.3 Å². The number of carbonyl (C=O) groups is 1. The highest BCUT2D eigenvalue weighted by Gasteiger charge is 2.19. The lowest BCUT2D eigenvalue weighted by molar-refractivity contribution is 0.102. The molecule has 1 aliphatic rings. The third-order valence-corrected chi connectivity index (χ3v) is 6.63. The maximum Gasteiger partial charge on any atom is 0.255 e. The van der Waals surface area contributed by atoms with Gasteiger partial charge in [-0.3, -0.25) is 4.79 Å². The minimum absolute atomic E-state index is 0.0646. The molecule has 5 heteroatoms. The van der Waals surface area contributed by atoms with Gasteiger partial charge in [0, 0.05) is 36.1 Å². The molecule has 0 saturated carbocycles. The van der Waals surface area contributed by atoms with E-state index in [2.05, 4.69) is 39.8 Å². The Bertz CT molecular complexity index is 1100. The van der Waals surface area contributed by atoms with Crippen molar-refractivity contribution in [2.24, 2.45) is 0 Å². The second kappa shape index (κ2) is 11.2. The molecule has 34 heavy (non-hydrogen) atoms. The number of methoxy groups -OCH3 is 1. The second-order valence-corrected chi connectivity index (χ2v) is 9.10. The van der Waals surface area contributed by atoms with Crippen LogP contribution in [0.1, 0.15) is 39.9 Å². The van der Waals surface area contributed by atoms with Gasteiger partial charge < -0.3 is 20.3 Å². The number of hydrogen-bond donors (Lipinski definition) is 2. The Morgan fingerprint density at radius 3 is 2.44 bits per heavy atom. The van der Waals surface area contributed by atoms with E-state index < -0.39 is 0 Å². The molecule has 0 spiro atoms. The zero-order valence-electron chi connectivity index (χ0n) is 20.4. The first-order valence-electron chi connectivity index (χ1n) is 12.1. The normalized spacial score (nSPS) is 14.1. The van der Waals surface area contributed by atoms with Crippen LogP contribution in [-0.4, -0.2) is 38.7 Å². The van der Waals surface area contributed by atoms with E-state index in [9.17, 15) is 4.79 Å². The van der Waals surface area contributed by atoms with E-state index in [0.29, 0.717) is 6.04 Å². The minimum atomic E-state index is -0.0646. The van der Waals surface area contributed by atoms with Gasteiger partial charge in [-0.25, -0.2) is 0 Å². The molecule has 1 fully saturated rings. The van der Waals surface area contributed by atoms with Crippen molar-refractivity contribution in [1.82, 2.24) is 5.32 Å². The number of anilines is 2. The Balaban J connectivity index is 1.24. The molecule has 5 nitrogen and oxygen atoms in total. The summed E-state index contributed by atoms with van der Waals surface area (Å²) in [5.41, 5.74) is 6.15. The van der Waals surface area contributed by atoms with Crippen LogP contribution >= 0.6 is 0 Å². The van der Waals surface area contributed by atoms with Crippen LogP contribution in [0.5, 0.6) is 5.75 Å². The van der Waals surface area contributed by atoms with Gasteiger partial charge in [-0.05, 0) is 87.2 Å². The molecule has 1 aliphatic heterocycles. The quantitative estimate of drug-likeness (QED) is 0.478. The summed E-state index contributed by atoms with van der Waals surface area (Å²) in [6.45, 7) is 7.03. The standard InChI is InChI=1S/C29H35N3O2/c1-21-8-13-27(22(2)20-21)29(33)31-25-9-11-26(12-10-25)32-18-15-24(16-19-32)30-17-14-23-6-4-5-7-28(23)34-3/h4-13,20,24,30H,14-19H2,1-3H3,(H,31,33). The lowest BCUT2D eigenvalue weighted by Crippen LogP contribution is -2.43. The molecule has 2 N–H and O–H groups in total. The molecular weight excluding hydrogens is 422 g/mol. The van der Waals surface area contributed by atoms with Crippen LogP contribution in [0.2, 0.25) is 0 Å². The van der Waals surface area contributed by atoms with E-state index >= 15 is 0 Å². The van der Waals surface area contributed by atoms with Crippen molar-refractivity contribution in [2.75, 3.05) is 37.0 Å². The van der Waals surface area contributed by atoms with Crippen molar-refractivity contribution in [3.8, 4) is 5.75 Å². The van der Waals surface area contributed by atoms with E-state index in [0.717, 1.165) is 67.0 Å². The fourth-order valence-electron chi connectivity index (χ4n) is 4.68. The number of amides is 1. The summed E-state index contributed by atoms with van der Waals surface area (Å²) in [6, 6.07) is 22.9. The van der Waals surface area contributed by atoms with E-state index in [1.807, 2.05) is 56.3 Å². The summed E-state index contributed by atoms with van der Waals surface area (Å²) in [5, 5.41) is 6.74. The van der Waals surface area contributed by atoms with Gasteiger partial charge in [0.15, 0.2) is 0 Å². The summed E-state index contributed by atoms with van der Waals surface area (Å²) < 4.78 is 5.45. The molecular formula is C29H35N3O2. The fourth-order valence-corrected chi connectivity index (χ4v) is 4.68. The first-order chi connectivity index (χ1) is 16.5. The highest BCUT2D eigenvalue weighted by Crippen LogP contribution is 2.23. The molecule has 0 aromatic heterocycles. The predicted octanol–water partition coefficient (Wildman–Crippen LogP) is 5.37. The molecule has 0 radical (unpaired) electrons. The number of aryl methyl sites for hydroxylation is 2. The molecule has 0 unspecified atom stereocenters. The number of nitrogens with zero attached hydrogens (tertiary/aromatic N) is 1. The van der Waals surface area contributed by atoms with Crippen LogP contribution in [0.25, 0.3) is 0 Å². The van der Waals surface area contributed by atoms with Crippen LogP contribution in [0.3, 0.4) is 0 Å². The SMILES string of the molecule is COc1ccccc1CCNC1CCN(c2ccc(NC(=O)c3ccc(C)cc3C)cc2)CC1. The fraction of sp³-hybridized carbons (Fsp3) is 0.345. The zero-order chi connectivity index (χ0) is 23.9. The van der Waals surface area contributed by atoms with Crippen molar-refractivity contribution < 1.29 is 9.53 Å². The van der Waals surface area contributed by atoms with E-state index in [4.69, 9.17) is 4.74 Å². The maximum atomic E-state index is 12.6. The first-order valence-corrected chi connectivity index (χ1v) is 12.1. The molecule has 0 aliphatic carbocycles. The van der Waals surface area contributed by atoms with Gasteiger partial charge in [0.05, 0.1) is 7.11 Å². The van der Waals surface area contributed by atoms with Gasteiger partial charge in [0.25, 0.3) is 5.91 Å². The first kappa shape index (κ1) is 23.8.